The van der Waals surface area contributed by atoms with Crippen LogP contribution in [0.3, 0.4) is 0 Å². The Hall–Kier alpha value is -3.96. The Bertz CT molecular complexity index is 1610. The number of sulfonamides is 1. The molecule has 3 heterocycles. The van der Waals surface area contributed by atoms with Crippen LogP contribution < -0.4 is 24.8 Å². The highest BCUT2D eigenvalue weighted by molar-refractivity contribution is 7.92. The summed E-state index contributed by atoms with van der Waals surface area (Å²) in [6.07, 6.45) is 5.98. The molecule has 0 aliphatic carbocycles. The molecule has 210 valence electrons. The van der Waals surface area contributed by atoms with Crippen LogP contribution in [-0.4, -0.2) is 55.4 Å². The predicted molar refractivity (Wildman–Crippen MR) is 158 cm³/mol. The molecule has 2 aromatic heterocycles. The van der Waals surface area contributed by atoms with E-state index < -0.39 is 10.0 Å². The van der Waals surface area contributed by atoms with E-state index in [1.807, 2.05) is 50.2 Å². The maximum Gasteiger partial charge on any atom is 0.232 e. The molecule has 10 nitrogen and oxygen atoms in total. The third-order valence-electron chi connectivity index (χ3n) is 6.77. The predicted octanol–water partition coefficient (Wildman–Crippen LogP) is 5.12. The summed E-state index contributed by atoms with van der Waals surface area (Å²) in [5.41, 5.74) is 2.65. The van der Waals surface area contributed by atoms with Crippen LogP contribution >= 0.6 is 0 Å². The second-order valence-corrected chi connectivity index (χ2v) is 11.7. The topological polar surface area (TPSA) is 127 Å². The van der Waals surface area contributed by atoms with Crippen LogP contribution in [-0.2, 0) is 10.0 Å². The van der Waals surface area contributed by atoms with Gasteiger partial charge in [0.2, 0.25) is 21.9 Å². The first kappa shape index (κ1) is 27.6. The lowest BCUT2D eigenvalue weighted by atomic mass is 10.0. The molecule has 1 fully saturated rings. The molecule has 0 bridgehead atoms. The number of piperidine rings is 1. The van der Waals surface area contributed by atoms with Gasteiger partial charge in [-0.15, -0.1) is 0 Å². The molecule has 40 heavy (non-hydrogen) atoms. The van der Waals surface area contributed by atoms with E-state index in [1.54, 1.807) is 25.6 Å². The van der Waals surface area contributed by atoms with E-state index in [0.717, 1.165) is 42.3 Å². The Morgan fingerprint density at radius 2 is 2.00 bits per heavy atom. The average molecular weight is 563 g/mol. The monoisotopic (exact) mass is 562 g/mol. The van der Waals surface area contributed by atoms with Crippen molar-refractivity contribution in [3.05, 3.63) is 60.4 Å². The van der Waals surface area contributed by atoms with Crippen molar-refractivity contribution in [3.63, 3.8) is 0 Å². The van der Waals surface area contributed by atoms with Crippen LogP contribution in [0.5, 0.6) is 17.4 Å². The van der Waals surface area contributed by atoms with E-state index in [9.17, 15) is 8.42 Å². The minimum atomic E-state index is -3.46. The lowest BCUT2D eigenvalue weighted by Gasteiger charge is -2.23. The summed E-state index contributed by atoms with van der Waals surface area (Å²) in [5.74, 6) is 2.07. The molecule has 0 amide bonds. The molecule has 0 saturated carbocycles. The van der Waals surface area contributed by atoms with Gasteiger partial charge in [-0.3, -0.25) is 4.72 Å². The van der Waals surface area contributed by atoms with Crippen LogP contribution in [0.25, 0.3) is 22.0 Å². The van der Waals surface area contributed by atoms with Gasteiger partial charge in [-0.25, -0.2) is 23.4 Å². The number of pyridine rings is 1. The van der Waals surface area contributed by atoms with Gasteiger partial charge < -0.3 is 20.1 Å². The van der Waals surface area contributed by atoms with Gasteiger partial charge in [0.05, 0.1) is 36.0 Å². The molecule has 1 unspecified atom stereocenters. The number of anilines is 2. The van der Waals surface area contributed by atoms with Crippen molar-refractivity contribution in [2.75, 3.05) is 36.0 Å². The zero-order valence-corrected chi connectivity index (χ0v) is 23.7. The van der Waals surface area contributed by atoms with Gasteiger partial charge in [0.25, 0.3) is 0 Å². The van der Waals surface area contributed by atoms with Crippen LogP contribution in [0.15, 0.2) is 54.9 Å². The van der Waals surface area contributed by atoms with Crippen molar-refractivity contribution in [1.82, 2.24) is 20.3 Å². The summed E-state index contributed by atoms with van der Waals surface area (Å²) < 4.78 is 39.7. The Labute approximate surface area is 234 Å². The minimum absolute atomic E-state index is 0.0464. The third-order valence-corrected chi connectivity index (χ3v) is 8.25. The maximum atomic E-state index is 12.5. The summed E-state index contributed by atoms with van der Waals surface area (Å²) in [6, 6.07) is 13.2. The number of nitrogens with zero attached hydrogens (tertiary/aromatic N) is 3. The highest BCUT2D eigenvalue weighted by Gasteiger charge is 2.19. The van der Waals surface area contributed by atoms with Gasteiger partial charge >= 0.3 is 0 Å². The highest BCUT2D eigenvalue weighted by Crippen LogP contribution is 2.39. The molecular formula is C29H34N6O4S. The van der Waals surface area contributed by atoms with Gasteiger partial charge in [-0.2, -0.15) is 0 Å². The molecule has 0 spiro atoms. The average Bonchev–Trinajstić information content (AvgIpc) is 2.95. The second-order valence-electron chi connectivity index (χ2n) is 9.82. The Kier molecular flexibility index (Phi) is 8.32. The molecule has 1 atom stereocenters. The Balaban J connectivity index is 1.53. The maximum absolute atomic E-state index is 12.5. The first-order chi connectivity index (χ1) is 19.4. The number of hydrogen-bond donors (Lipinski definition) is 3. The fourth-order valence-electron chi connectivity index (χ4n) is 4.79. The molecular weight excluding hydrogens is 528 g/mol. The number of benzene rings is 2. The van der Waals surface area contributed by atoms with Crippen molar-refractivity contribution in [2.24, 2.45) is 0 Å². The van der Waals surface area contributed by atoms with Crippen LogP contribution in [0.2, 0.25) is 0 Å². The molecule has 1 saturated heterocycles. The van der Waals surface area contributed by atoms with Crippen molar-refractivity contribution in [2.45, 2.75) is 39.2 Å². The zero-order valence-electron chi connectivity index (χ0n) is 22.9. The summed E-state index contributed by atoms with van der Waals surface area (Å²) in [4.78, 5) is 13.8. The standard InChI is InChI=1S/C29H34N6O4S/c1-4-15-40(36,37)35-26-9-5-8-23-22(26)11-10-19(2)27(23)39-28-24(16-21(38-3)18-32-28)25-12-14-31-29(34-25)33-20-7-6-13-30-17-20/h5,8-12,14,16,18,20,30,35H,4,6-7,13,15,17H2,1-3H3,(H,31,33,34). The first-order valence-corrected chi connectivity index (χ1v) is 15.1. The first-order valence-electron chi connectivity index (χ1n) is 13.4. The summed E-state index contributed by atoms with van der Waals surface area (Å²) >= 11 is 0. The number of ether oxygens (including phenoxy) is 2. The SMILES string of the molecule is CCCS(=O)(=O)Nc1cccc2c(Oc3ncc(OC)cc3-c3ccnc(NC4CCCNC4)n3)c(C)ccc12. The molecule has 2 aromatic carbocycles. The van der Waals surface area contributed by atoms with Gasteiger partial charge in [0.1, 0.15) is 11.5 Å². The molecule has 5 rings (SSSR count). The number of aryl methyl sites for hydroxylation is 1. The number of methoxy groups -OCH3 is 1. The molecule has 1 aliphatic rings. The van der Waals surface area contributed by atoms with Crippen LogP contribution in [0.4, 0.5) is 11.6 Å². The number of fused-ring (bicyclic) bond motifs is 1. The fraction of sp³-hybridized carbons (Fsp3) is 0.345. The molecule has 4 aromatic rings. The van der Waals surface area contributed by atoms with Crippen LogP contribution in [0.1, 0.15) is 31.7 Å². The van der Waals surface area contributed by atoms with E-state index >= 15 is 0 Å². The van der Waals surface area contributed by atoms with Crippen molar-refractivity contribution in [3.8, 4) is 28.6 Å². The largest absolute Gasteiger partial charge is 0.495 e. The number of rotatable bonds is 10. The van der Waals surface area contributed by atoms with Gasteiger partial charge in [0.15, 0.2) is 0 Å². The van der Waals surface area contributed by atoms with Crippen molar-refractivity contribution < 1.29 is 17.9 Å². The zero-order chi connectivity index (χ0) is 28.1. The van der Waals surface area contributed by atoms with E-state index in [0.29, 0.717) is 46.7 Å². The van der Waals surface area contributed by atoms with Crippen LogP contribution in [0, 0.1) is 6.92 Å². The van der Waals surface area contributed by atoms with Gasteiger partial charge in [0, 0.05) is 29.6 Å². The number of hydrogen-bond acceptors (Lipinski definition) is 9. The fourth-order valence-corrected chi connectivity index (χ4v) is 5.95. The van der Waals surface area contributed by atoms with E-state index in [4.69, 9.17) is 14.5 Å². The van der Waals surface area contributed by atoms with Gasteiger partial charge in [-0.05, 0) is 56.5 Å². The summed E-state index contributed by atoms with van der Waals surface area (Å²) in [6.45, 7) is 5.66. The molecule has 0 radical (unpaired) electrons. The van der Waals surface area contributed by atoms with E-state index in [2.05, 4.69) is 25.3 Å². The summed E-state index contributed by atoms with van der Waals surface area (Å²) in [5, 5.41) is 8.30. The normalized spacial score (nSPS) is 15.5. The van der Waals surface area contributed by atoms with E-state index in [1.165, 1.54) is 0 Å². The quantitative estimate of drug-likeness (QED) is 0.241. The molecule has 3 N–H and O–H groups in total. The molecule has 11 heteroatoms. The molecule has 1 aliphatic heterocycles. The summed E-state index contributed by atoms with van der Waals surface area (Å²) in [7, 11) is -1.88. The highest BCUT2D eigenvalue weighted by atomic mass is 32.2. The minimum Gasteiger partial charge on any atom is -0.495 e. The second kappa shape index (κ2) is 12.1. The Morgan fingerprint density at radius 3 is 2.77 bits per heavy atom. The number of aromatic nitrogens is 3. The Morgan fingerprint density at radius 1 is 1.12 bits per heavy atom. The number of nitrogens with one attached hydrogen (secondary N) is 3. The lowest BCUT2D eigenvalue weighted by Crippen LogP contribution is -2.38. The van der Waals surface area contributed by atoms with Crippen molar-refractivity contribution >= 4 is 32.4 Å². The van der Waals surface area contributed by atoms with Crippen molar-refractivity contribution in [1.29, 1.82) is 0 Å². The smallest absolute Gasteiger partial charge is 0.232 e. The van der Waals surface area contributed by atoms with E-state index in [-0.39, 0.29) is 11.8 Å². The third kappa shape index (κ3) is 6.26. The lowest BCUT2D eigenvalue weighted by molar-refractivity contribution is 0.408. The van der Waals surface area contributed by atoms with Gasteiger partial charge in [-0.1, -0.05) is 31.2 Å².